The molecule has 1 aromatic rings. The van der Waals surface area contributed by atoms with Crippen molar-refractivity contribution in [3.8, 4) is 0 Å². The third-order valence-corrected chi connectivity index (χ3v) is 3.68. The maximum absolute atomic E-state index is 11.8. The van der Waals surface area contributed by atoms with Gasteiger partial charge in [0.15, 0.2) is 0 Å². The molecule has 1 heterocycles. The van der Waals surface area contributed by atoms with Gasteiger partial charge < -0.3 is 10.6 Å². The van der Waals surface area contributed by atoms with Crippen molar-refractivity contribution >= 4 is 23.5 Å². The zero-order valence-electron chi connectivity index (χ0n) is 11.0. The van der Waals surface area contributed by atoms with Crippen molar-refractivity contribution in [2.75, 3.05) is 5.32 Å². The first-order valence-corrected chi connectivity index (χ1v) is 6.62. The molecular formula is C14H15N3O3. The van der Waals surface area contributed by atoms with Crippen LogP contribution in [-0.2, 0) is 0 Å². The molecule has 3 N–H and O–H groups in total. The van der Waals surface area contributed by atoms with Crippen LogP contribution in [0.3, 0.4) is 0 Å². The molecule has 0 spiro atoms. The van der Waals surface area contributed by atoms with E-state index < -0.39 is 11.8 Å². The molecule has 0 bridgehead atoms. The highest BCUT2D eigenvalue weighted by atomic mass is 16.2. The molecule has 1 unspecified atom stereocenters. The molecule has 1 atom stereocenters. The minimum atomic E-state index is -0.430. The molecule has 3 rings (SSSR count). The number of fused-ring (bicyclic) bond motifs is 1. The molecule has 0 saturated heterocycles. The molecule has 1 aromatic carbocycles. The third-order valence-electron chi connectivity index (χ3n) is 3.68. The van der Waals surface area contributed by atoms with Crippen molar-refractivity contribution in [3.63, 3.8) is 0 Å². The van der Waals surface area contributed by atoms with Crippen molar-refractivity contribution in [3.05, 3.63) is 29.3 Å². The van der Waals surface area contributed by atoms with Crippen LogP contribution < -0.4 is 16.0 Å². The fourth-order valence-corrected chi connectivity index (χ4v) is 2.33. The topological polar surface area (TPSA) is 87.3 Å². The van der Waals surface area contributed by atoms with Gasteiger partial charge in [-0.3, -0.25) is 14.9 Å². The summed E-state index contributed by atoms with van der Waals surface area (Å²) < 4.78 is 0. The number of benzene rings is 1. The molecule has 20 heavy (non-hydrogen) atoms. The predicted octanol–water partition coefficient (Wildman–Crippen LogP) is 1.49. The van der Waals surface area contributed by atoms with Crippen molar-refractivity contribution in [1.29, 1.82) is 0 Å². The number of hydrogen-bond acceptors (Lipinski definition) is 3. The summed E-state index contributed by atoms with van der Waals surface area (Å²) in [6.07, 6.45) is 2.31. The largest absolute Gasteiger partial charge is 0.335 e. The summed E-state index contributed by atoms with van der Waals surface area (Å²) in [5.41, 5.74) is 1.13. The fraction of sp³-hybridized carbons (Fsp3) is 0.357. The normalized spacial score (nSPS) is 18.2. The highest BCUT2D eigenvalue weighted by Gasteiger charge is 2.29. The average molecular weight is 273 g/mol. The Hall–Kier alpha value is -2.37. The van der Waals surface area contributed by atoms with Crippen LogP contribution in [0.25, 0.3) is 0 Å². The Labute approximate surface area is 115 Å². The average Bonchev–Trinajstić information content (AvgIpc) is 3.18. The van der Waals surface area contributed by atoms with Crippen LogP contribution >= 0.6 is 0 Å². The van der Waals surface area contributed by atoms with Crippen molar-refractivity contribution in [1.82, 2.24) is 10.6 Å². The molecule has 0 aromatic heterocycles. The second-order valence-corrected chi connectivity index (χ2v) is 5.27. The van der Waals surface area contributed by atoms with E-state index in [4.69, 9.17) is 0 Å². The van der Waals surface area contributed by atoms with Crippen molar-refractivity contribution in [2.24, 2.45) is 5.92 Å². The van der Waals surface area contributed by atoms with Gasteiger partial charge in [-0.05, 0) is 43.9 Å². The Morgan fingerprint density at radius 1 is 1.25 bits per heavy atom. The summed E-state index contributed by atoms with van der Waals surface area (Å²) in [4.78, 5) is 34.7. The maximum Gasteiger partial charge on any atom is 0.319 e. The van der Waals surface area contributed by atoms with Crippen LogP contribution in [0.15, 0.2) is 18.2 Å². The van der Waals surface area contributed by atoms with Crippen LogP contribution in [-0.4, -0.2) is 23.9 Å². The van der Waals surface area contributed by atoms with E-state index in [0.29, 0.717) is 22.7 Å². The molecule has 1 aliphatic heterocycles. The summed E-state index contributed by atoms with van der Waals surface area (Å²) in [5.74, 6) is -0.257. The first-order valence-electron chi connectivity index (χ1n) is 6.62. The van der Waals surface area contributed by atoms with Crippen LogP contribution in [0, 0.1) is 5.92 Å². The van der Waals surface area contributed by atoms with E-state index >= 15 is 0 Å². The molecule has 2 aliphatic rings. The fourth-order valence-electron chi connectivity index (χ4n) is 2.33. The summed E-state index contributed by atoms with van der Waals surface area (Å²) in [6, 6.07) is 4.51. The first-order chi connectivity index (χ1) is 9.54. The van der Waals surface area contributed by atoms with E-state index in [2.05, 4.69) is 16.0 Å². The maximum atomic E-state index is 11.8. The second kappa shape index (κ2) is 4.63. The van der Waals surface area contributed by atoms with Crippen LogP contribution in [0.2, 0.25) is 0 Å². The summed E-state index contributed by atoms with van der Waals surface area (Å²) in [6.45, 7) is 1.98. The standard InChI is InChI=1S/C14H15N3O3/c1-7(8-2-3-8)15-14(20)16-9-4-5-10-11(6-9)13(19)17-12(10)18/h4-8H,2-3H2,1H3,(H2,15,16,20)(H,17,18,19). The van der Waals surface area contributed by atoms with Crippen LogP contribution in [0.1, 0.15) is 40.5 Å². The number of carbonyl (C=O) groups is 3. The Morgan fingerprint density at radius 2 is 1.95 bits per heavy atom. The summed E-state index contributed by atoms with van der Waals surface area (Å²) in [7, 11) is 0. The molecule has 1 fully saturated rings. The zero-order valence-corrected chi connectivity index (χ0v) is 11.0. The van der Waals surface area contributed by atoms with E-state index in [0.717, 1.165) is 12.8 Å². The number of urea groups is 1. The Balaban J connectivity index is 1.69. The molecule has 4 amide bonds. The first kappa shape index (κ1) is 12.7. The highest BCUT2D eigenvalue weighted by molar-refractivity contribution is 6.21. The molecule has 1 saturated carbocycles. The number of nitrogens with one attached hydrogen (secondary N) is 3. The van der Waals surface area contributed by atoms with Gasteiger partial charge in [-0.1, -0.05) is 0 Å². The highest BCUT2D eigenvalue weighted by Crippen LogP contribution is 2.32. The SMILES string of the molecule is CC(NC(=O)Nc1ccc2c(c1)C(=O)NC2=O)C1CC1. The van der Waals surface area contributed by atoms with E-state index in [1.54, 1.807) is 6.07 Å². The minimum Gasteiger partial charge on any atom is -0.335 e. The van der Waals surface area contributed by atoms with Gasteiger partial charge in [-0.25, -0.2) is 4.79 Å². The lowest BCUT2D eigenvalue weighted by molar-refractivity contribution is 0.0879. The van der Waals surface area contributed by atoms with Gasteiger partial charge in [0.2, 0.25) is 0 Å². The third kappa shape index (κ3) is 2.36. The minimum absolute atomic E-state index is 0.148. The monoisotopic (exact) mass is 273 g/mol. The zero-order chi connectivity index (χ0) is 14.3. The lowest BCUT2D eigenvalue weighted by Crippen LogP contribution is -2.37. The number of anilines is 1. The quantitative estimate of drug-likeness (QED) is 0.729. The number of carbonyl (C=O) groups excluding carboxylic acids is 3. The smallest absolute Gasteiger partial charge is 0.319 e. The lowest BCUT2D eigenvalue weighted by atomic mass is 10.1. The number of hydrogen-bond donors (Lipinski definition) is 3. The van der Waals surface area contributed by atoms with Gasteiger partial charge in [0, 0.05) is 11.7 Å². The van der Waals surface area contributed by atoms with Gasteiger partial charge in [-0.15, -0.1) is 0 Å². The molecule has 1 aliphatic carbocycles. The molecular weight excluding hydrogens is 258 g/mol. The van der Waals surface area contributed by atoms with Gasteiger partial charge in [0.05, 0.1) is 11.1 Å². The van der Waals surface area contributed by atoms with E-state index in [9.17, 15) is 14.4 Å². The lowest BCUT2D eigenvalue weighted by Gasteiger charge is -2.13. The van der Waals surface area contributed by atoms with E-state index in [1.165, 1.54) is 12.1 Å². The Bertz CT molecular complexity index is 608. The number of imide groups is 1. The summed E-state index contributed by atoms with van der Waals surface area (Å²) in [5, 5.41) is 7.75. The number of rotatable bonds is 3. The van der Waals surface area contributed by atoms with Gasteiger partial charge in [0.1, 0.15) is 0 Å². The van der Waals surface area contributed by atoms with Crippen LogP contribution in [0.5, 0.6) is 0 Å². The van der Waals surface area contributed by atoms with Gasteiger partial charge >= 0.3 is 6.03 Å². The predicted molar refractivity (Wildman–Crippen MR) is 72.6 cm³/mol. The van der Waals surface area contributed by atoms with Gasteiger partial charge in [0.25, 0.3) is 11.8 Å². The second-order valence-electron chi connectivity index (χ2n) is 5.27. The van der Waals surface area contributed by atoms with Crippen LogP contribution in [0.4, 0.5) is 10.5 Å². The van der Waals surface area contributed by atoms with Crippen molar-refractivity contribution in [2.45, 2.75) is 25.8 Å². The van der Waals surface area contributed by atoms with Gasteiger partial charge in [-0.2, -0.15) is 0 Å². The Morgan fingerprint density at radius 3 is 2.65 bits per heavy atom. The molecule has 0 radical (unpaired) electrons. The van der Waals surface area contributed by atoms with Crippen molar-refractivity contribution < 1.29 is 14.4 Å². The molecule has 6 heteroatoms. The molecule has 104 valence electrons. The summed E-state index contributed by atoms with van der Waals surface area (Å²) >= 11 is 0. The van der Waals surface area contributed by atoms with E-state index in [1.807, 2.05) is 6.92 Å². The number of amides is 4. The Kier molecular flexibility index (Phi) is 2.93. The molecule has 6 nitrogen and oxygen atoms in total. The van der Waals surface area contributed by atoms with E-state index in [-0.39, 0.29) is 12.1 Å².